The number of fused-ring (bicyclic) bond motifs is 1. The Bertz CT molecular complexity index is 1180. The van der Waals surface area contributed by atoms with Crippen molar-refractivity contribution in [2.45, 2.75) is 50.8 Å². The maximum Gasteiger partial charge on any atom is 0.233 e. The van der Waals surface area contributed by atoms with E-state index < -0.39 is 0 Å². The largest absolute Gasteiger partial charge is 0.467 e. The molecule has 160 valence electrons. The predicted molar refractivity (Wildman–Crippen MR) is 130 cm³/mol. The third-order valence-corrected chi connectivity index (χ3v) is 7.21. The number of aryl methyl sites for hydroxylation is 2. The summed E-state index contributed by atoms with van der Waals surface area (Å²) in [6.45, 7) is 8.88. The molecule has 0 unspecified atom stereocenters. The summed E-state index contributed by atoms with van der Waals surface area (Å²) in [5.74, 6) is 0.748. The number of anilines is 1. The smallest absolute Gasteiger partial charge is 0.233 e. The van der Waals surface area contributed by atoms with E-state index in [1.165, 1.54) is 10.5 Å². The van der Waals surface area contributed by atoms with Crippen LogP contribution < -0.4 is 4.90 Å². The van der Waals surface area contributed by atoms with Crippen LogP contribution in [0, 0.1) is 13.8 Å². The molecule has 0 atom stereocenters. The van der Waals surface area contributed by atoms with E-state index in [9.17, 15) is 4.79 Å². The van der Waals surface area contributed by atoms with Crippen molar-refractivity contribution < 1.29 is 9.21 Å². The molecule has 0 radical (unpaired) electrons. The van der Waals surface area contributed by atoms with Crippen LogP contribution in [0.1, 0.15) is 36.3 Å². The first-order valence-corrected chi connectivity index (χ1v) is 12.1. The Morgan fingerprint density at radius 1 is 1.13 bits per heavy atom. The van der Waals surface area contributed by atoms with Crippen molar-refractivity contribution in [1.29, 1.82) is 0 Å². The van der Waals surface area contributed by atoms with Crippen LogP contribution in [0.5, 0.6) is 0 Å². The summed E-state index contributed by atoms with van der Waals surface area (Å²) >= 11 is 3.37. The molecule has 4 rings (SSSR count). The zero-order valence-electron chi connectivity index (χ0n) is 18.2. The van der Waals surface area contributed by atoms with E-state index in [1.54, 1.807) is 22.5 Å². The minimum Gasteiger partial charge on any atom is -0.467 e. The number of nitrogens with zero attached hydrogens (tertiary/aromatic N) is 2. The third kappa shape index (κ3) is 5.02. The van der Waals surface area contributed by atoms with Gasteiger partial charge in [-0.2, -0.15) is 0 Å². The Morgan fingerprint density at radius 3 is 2.58 bits per heavy atom. The van der Waals surface area contributed by atoms with E-state index in [2.05, 4.69) is 52.0 Å². The molecule has 0 bridgehead atoms. The number of carbonyl (C=O) groups is 1. The molecule has 31 heavy (non-hydrogen) atoms. The highest BCUT2D eigenvalue weighted by Gasteiger charge is 2.22. The van der Waals surface area contributed by atoms with Crippen LogP contribution in [0.25, 0.3) is 10.2 Å². The Labute approximate surface area is 191 Å². The molecular weight excluding hydrogens is 424 g/mol. The molecule has 0 N–H and O–H groups in total. The van der Waals surface area contributed by atoms with Gasteiger partial charge in [0.25, 0.3) is 0 Å². The van der Waals surface area contributed by atoms with E-state index >= 15 is 0 Å². The molecule has 0 spiro atoms. The van der Waals surface area contributed by atoms with Gasteiger partial charge in [-0.3, -0.25) is 9.69 Å². The highest BCUT2D eigenvalue weighted by molar-refractivity contribution is 7.99. The summed E-state index contributed by atoms with van der Waals surface area (Å²) in [6.07, 6.45) is 1.95. The Balaban J connectivity index is 1.62. The topological polar surface area (TPSA) is 46.3 Å². The number of amides is 1. The number of aromatic nitrogens is 1. The molecule has 0 aliphatic heterocycles. The molecule has 4 aromatic rings. The predicted octanol–water partition coefficient (Wildman–Crippen LogP) is 6.78. The van der Waals surface area contributed by atoms with Crippen LogP contribution in [0.15, 0.2) is 64.1 Å². The fourth-order valence-electron chi connectivity index (χ4n) is 3.38. The molecule has 0 fully saturated rings. The minimum atomic E-state index is 0.00842. The highest BCUT2D eigenvalue weighted by Crippen LogP contribution is 2.33. The number of benzene rings is 2. The van der Waals surface area contributed by atoms with Gasteiger partial charge in [0.2, 0.25) is 5.91 Å². The van der Waals surface area contributed by atoms with Crippen molar-refractivity contribution in [2.24, 2.45) is 0 Å². The molecule has 0 aliphatic carbocycles. The zero-order valence-corrected chi connectivity index (χ0v) is 19.8. The molecule has 6 heteroatoms. The number of carbonyl (C=O) groups excluding carboxylic acids is 1. The average Bonchev–Trinajstić information content (AvgIpc) is 3.40. The lowest BCUT2D eigenvalue weighted by molar-refractivity contribution is -0.118. The van der Waals surface area contributed by atoms with Gasteiger partial charge in [-0.25, -0.2) is 4.98 Å². The molecule has 4 nitrogen and oxygen atoms in total. The standard InChI is InChI=1S/C25H26N2O2S2/c1-16(2)30-21-10-8-19(9-11-21)14-23(28)27(15-20-6-5-13-29-20)25-26-24-18(4)17(3)7-12-22(24)31-25/h5-13,16H,14-15H2,1-4H3. The van der Waals surface area contributed by atoms with Gasteiger partial charge in [-0.1, -0.05) is 43.4 Å². The first kappa shape index (κ1) is 21.7. The van der Waals surface area contributed by atoms with Crippen molar-refractivity contribution in [3.8, 4) is 0 Å². The van der Waals surface area contributed by atoms with Gasteiger partial charge in [0.05, 0.1) is 29.4 Å². The number of rotatable bonds is 7. The second-order valence-corrected chi connectivity index (χ2v) is 10.6. The van der Waals surface area contributed by atoms with Gasteiger partial charge < -0.3 is 4.42 Å². The fourth-order valence-corrected chi connectivity index (χ4v) is 5.26. The monoisotopic (exact) mass is 450 g/mol. The van der Waals surface area contributed by atoms with E-state index in [0.29, 0.717) is 23.3 Å². The van der Waals surface area contributed by atoms with Gasteiger partial charge in [0.1, 0.15) is 5.76 Å². The van der Waals surface area contributed by atoms with Gasteiger partial charge in [-0.15, -0.1) is 11.8 Å². The van der Waals surface area contributed by atoms with E-state index in [0.717, 1.165) is 27.1 Å². The molecule has 2 aromatic carbocycles. The Hall–Kier alpha value is -2.57. The molecule has 0 saturated carbocycles. The average molecular weight is 451 g/mol. The zero-order chi connectivity index (χ0) is 22.0. The minimum absolute atomic E-state index is 0.00842. The first-order chi connectivity index (χ1) is 14.9. The molecule has 2 heterocycles. The second kappa shape index (κ2) is 9.28. The van der Waals surface area contributed by atoms with Crippen molar-refractivity contribution in [3.63, 3.8) is 0 Å². The SMILES string of the molecule is Cc1ccc2sc(N(Cc3ccco3)C(=O)Cc3ccc(SC(C)C)cc3)nc2c1C. The number of thioether (sulfide) groups is 1. The second-order valence-electron chi connectivity index (χ2n) is 7.90. The van der Waals surface area contributed by atoms with Crippen LogP contribution in [0.4, 0.5) is 5.13 Å². The lowest BCUT2D eigenvalue weighted by Crippen LogP contribution is -2.31. The highest BCUT2D eigenvalue weighted by atomic mass is 32.2. The lowest BCUT2D eigenvalue weighted by Gasteiger charge is -2.19. The Kier molecular flexibility index (Phi) is 6.49. The summed E-state index contributed by atoms with van der Waals surface area (Å²) in [5.41, 5.74) is 4.32. The fraction of sp³-hybridized carbons (Fsp3) is 0.280. The van der Waals surface area contributed by atoms with Crippen LogP contribution >= 0.6 is 23.1 Å². The van der Waals surface area contributed by atoms with Gasteiger partial charge >= 0.3 is 0 Å². The van der Waals surface area contributed by atoms with Crippen molar-refractivity contribution in [1.82, 2.24) is 4.98 Å². The van der Waals surface area contributed by atoms with E-state index in [-0.39, 0.29) is 5.91 Å². The summed E-state index contributed by atoms with van der Waals surface area (Å²) in [7, 11) is 0. The summed E-state index contributed by atoms with van der Waals surface area (Å²) in [5, 5.41) is 1.24. The number of hydrogen-bond donors (Lipinski definition) is 0. The van der Waals surface area contributed by atoms with Crippen molar-refractivity contribution in [2.75, 3.05) is 4.90 Å². The summed E-state index contributed by atoms with van der Waals surface area (Å²) < 4.78 is 6.62. The number of furan rings is 1. The number of hydrogen-bond acceptors (Lipinski definition) is 5. The molecule has 2 aromatic heterocycles. The van der Waals surface area contributed by atoms with Crippen LogP contribution in [-0.2, 0) is 17.8 Å². The van der Waals surface area contributed by atoms with Crippen molar-refractivity contribution in [3.05, 3.63) is 77.2 Å². The van der Waals surface area contributed by atoms with Gasteiger partial charge in [0.15, 0.2) is 5.13 Å². The number of thiazole rings is 1. The normalized spacial score (nSPS) is 11.4. The maximum atomic E-state index is 13.4. The molecule has 1 amide bonds. The lowest BCUT2D eigenvalue weighted by atomic mass is 10.1. The van der Waals surface area contributed by atoms with Gasteiger partial charge in [0, 0.05) is 10.1 Å². The van der Waals surface area contributed by atoms with Crippen molar-refractivity contribution >= 4 is 44.4 Å². The van der Waals surface area contributed by atoms with Crippen LogP contribution in [0.2, 0.25) is 0 Å². The molecular formula is C25H26N2O2S2. The Morgan fingerprint density at radius 2 is 1.90 bits per heavy atom. The summed E-state index contributed by atoms with van der Waals surface area (Å²) in [6, 6.07) is 16.2. The van der Waals surface area contributed by atoms with E-state index in [4.69, 9.17) is 9.40 Å². The summed E-state index contributed by atoms with van der Waals surface area (Å²) in [4.78, 5) is 21.2. The van der Waals surface area contributed by atoms with Gasteiger partial charge in [-0.05, 0) is 60.9 Å². The van der Waals surface area contributed by atoms with Crippen LogP contribution in [0.3, 0.4) is 0 Å². The van der Waals surface area contributed by atoms with E-state index in [1.807, 2.05) is 36.0 Å². The van der Waals surface area contributed by atoms with Crippen LogP contribution in [-0.4, -0.2) is 16.1 Å². The first-order valence-electron chi connectivity index (χ1n) is 10.4. The maximum absolute atomic E-state index is 13.4. The third-order valence-electron chi connectivity index (χ3n) is 5.15. The quantitative estimate of drug-likeness (QED) is 0.291. The molecule has 0 saturated heterocycles. The molecule has 0 aliphatic rings.